The molecule has 1 aliphatic rings. The number of carbonyl (C=O) groups is 2. The van der Waals surface area contributed by atoms with Gasteiger partial charge in [0.05, 0.1) is 23.3 Å². The first-order chi connectivity index (χ1) is 15.8. The summed E-state index contributed by atoms with van der Waals surface area (Å²) < 4.78 is 5.17. The SMILES string of the molecule is COc1ccc(NC2=C(c3ccc([N+](=O)[O-])cc3)C(=O)N(c3ccc(C)cc3C)C2=O)cc1. The molecule has 3 aromatic carbocycles. The van der Waals surface area contributed by atoms with Crippen molar-refractivity contribution in [3.05, 3.63) is 99.2 Å². The van der Waals surface area contributed by atoms with Crippen molar-refractivity contribution < 1.29 is 19.2 Å². The lowest BCUT2D eigenvalue weighted by Gasteiger charge is -2.18. The Balaban J connectivity index is 1.81. The van der Waals surface area contributed by atoms with Gasteiger partial charge in [-0.15, -0.1) is 0 Å². The highest BCUT2D eigenvalue weighted by atomic mass is 16.6. The molecule has 166 valence electrons. The molecule has 0 saturated heterocycles. The standard InChI is InChI=1S/C25H21N3O5/c1-15-4-13-21(16(2)14-15)27-24(29)22(17-5-9-19(10-6-17)28(31)32)23(25(27)30)26-18-7-11-20(33-3)12-8-18/h4-14,26H,1-3H3. The van der Waals surface area contributed by atoms with Crippen molar-refractivity contribution in [2.75, 3.05) is 17.3 Å². The van der Waals surface area contributed by atoms with Gasteiger partial charge in [-0.1, -0.05) is 17.7 Å². The number of hydrogen-bond acceptors (Lipinski definition) is 6. The molecule has 33 heavy (non-hydrogen) atoms. The van der Waals surface area contributed by atoms with Gasteiger partial charge >= 0.3 is 0 Å². The van der Waals surface area contributed by atoms with Crippen molar-refractivity contribution in [1.29, 1.82) is 0 Å². The van der Waals surface area contributed by atoms with Crippen LogP contribution in [-0.4, -0.2) is 23.8 Å². The van der Waals surface area contributed by atoms with Crippen LogP contribution in [0.3, 0.4) is 0 Å². The Morgan fingerprint density at radius 1 is 0.909 bits per heavy atom. The third-order valence-corrected chi connectivity index (χ3v) is 5.40. The average molecular weight is 443 g/mol. The molecule has 0 fully saturated rings. The van der Waals surface area contributed by atoms with Crippen molar-refractivity contribution >= 4 is 34.4 Å². The molecule has 8 nitrogen and oxygen atoms in total. The zero-order valence-electron chi connectivity index (χ0n) is 18.3. The molecule has 4 rings (SSSR count). The first kappa shape index (κ1) is 21.8. The molecular formula is C25H21N3O5. The number of rotatable bonds is 6. The summed E-state index contributed by atoms with van der Waals surface area (Å²) in [5.74, 6) is -0.358. The molecule has 2 amide bonds. The normalized spacial score (nSPS) is 13.5. The number of nitro groups is 1. The molecular weight excluding hydrogens is 422 g/mol. The molecule has 1 aliphatic heterocycles. The molecule has 0 unspecified atom stereocenters. The minimum Gasteiger partial charge on any atom is -0.497 e. The lowest BCUT2D eigenvalue weighted by molar-refractivity contribution is -0.384. The van der Waals surface area contributed by atoms with E-state index in [0.29, 0.717) is 22.7 Å². The summed E-state index contributed by atoms with van der Waals surface area (Å²) in [6, 6.07) is 18.0. The van der Waals surface area contributed by atoms with Crippen molar-refractivity contribution in [3.63, 3.8) is 0 Å². The number of benzene rings is 3. The molecule has 0 aromatic heterocycles. The van der Waals surface area contributed by atoms with E-state index in [2.05, 4.69) is 5.32 Å². The Hall–Kier alpha value is -4.46. The first-order valence-corrected chi connectivity index (χ1v) is 10.2. The number of aryl methyl sites for hydroxylation is 2. The highest BCUT2D eigenvalue weighted by Crippen LogP contribution is 2.36. The van der Waals surface area contributed by atoms with Crippen molar-refractivity contribution in [1.82, 2.24) is 0 Å². The minimum atomic E-state index is -0.516. The quantitative estimate of drug-likeness (QED) is 0.339. The third kappa shape index (κ3) is 4.06. The fourth-order valence-corrected chi connectivity index (χ4v) is 3.76. The highest BCUT2D eigenvalue weighted by Gasteiger charge is 2.41. The monoisotopic (exact) mass is 443 g/mol. The predicted octanol–water partition coefficient (Wildman–Crippen LogP) is 4.62. The van der Waals surface area contributed by atoms with E-state index in [9.17, 15) is 19.7 Å². The van der Waals surface area contributed by atoms with Crippen LogP contribution in [0.2, 0.25) is 0 Å². The Bertz CT molecular complexity index is 1290. The number of non-ortho nitro benzene ring substituents is 1. The van der Waals surface area contributed by atoms with E-state index < -0.39 is 16.7 Å². The summed E-state index contributed by atoms with van der Waals surface area (Å²) in [5.41, 5.74) is 3.41. The smallest absolute Gasteiger partial charge is 0.282 e. The highest BCUT2D eigenvalue weighted by molar-refractivity contribution is 6.46. The summed E-state index contributed by atoms with van der Waals surface area (Å²) in [6.45, 7) is 3.77. The van der Waals surface area contributed by atoms with Gasteiger partial charge in [0.1, 0.15) is 11.4 Å². The van der Waals surface area contributed by atoms with E-state index in [4.69, 9.17) is 4.74 Å². The van der Waals surface area contributed by atoms with Gasteiger partial charge in [0.2, 0.25) is 0 Å². The molecule has 0 aliphatic carbocycles. The van der Waals surface area contributed by atoms with E-state index in [1.54, 1.807) is 37.4 Å². The van der Waals surface area contributed by atoms with Crippen LogP contribution < -0.4 is 15.0 Å². The Kier molecular flexibility index (Phi) is 5.66. The number of nitro benzene ring substituents is 1. The fourth-order valence-electron chi connectivity index (χ4n) is 3.76. The number of anilines is 2. The second-order valence-electron chi connectivity index (χ2n) is 7.64. The number of carbonyl (C=O) groups excluding carboxylic acids is 2. The van der Waals surface area contributed by atoms with E-state index in [1.165, 1.54) is 24.3 Å². The van der Waals surface area contributed by atoms with Crippen molar-refractivity contribution in [2.24, 2.45) is 0 Å². The van der Waals surface area contributed by atoms with Crippen LogP contribution in [0.1, 0.15) is 16.7 Å². The summed E-state index contributed by atoms with van der Waals surface area (Å²) >= 11 is 0. The lowest BCUT2D eigenvalue weighted by atomic mass is 10.0. The number of methoxy groups -OCH3 is 1. The molecule has 0 saturated carbocycles. The average Bonchev–Trinajstić information content (AvgIpc) is 3.04. The maximum Gasteiger partial charge on any atom is 0.282 e. The van der Waals surface area contributed by atoms with Gasteiger partial charge in [-0.25, -0.2) is 4.90 Å². The van der Waals surface area contributed by atoms with Crippen LogP contribution in [0.4, 0.5) is 17.1 Å². The maximum absolute atomic E-state index is 13.5. The van der Waals surface area contributed by atoms with Crippen LogP contribution in [0.25, 0.3) is 5.57 Å². The van der Waals surface area contributed by atoms with Gasteiger partial charge in [-0.2, -0.15) is 0 Å². The Morgan fingerprint density at radius 2 is 1.58 bits per heavy atom. The molecule has 0 bridgehead atoms. The molecule has 1 heterocycles. The largest absolute Gasteiger partial charge is 0.497 e. The van der Waals surface area contributed by atoms with Crippen LogP contribution in [0.15, 0.2) is 72.4 Å². The zero-order valence-corrected chi connectivity index (χ0v) is 18.3. The molecule has 0 radical (unpaired) electrons. The van der Waals surface area contributed by atoms with Gasteiger partial charge < -0.3 is 10.1 Å². The van der Waals surface area contributed by atoms with Crippen LogP contribution >= 0.6 is 0 Å². The van der Waals surface area contributed by atoms with Crippen molar-refractivity contribution in [2.45, 2.75) is 13.8 Å². The first-order valence-electron chi connectivity index (χ1n) is 10.2. The molecule has 0 spiro atoms. The number of imide groups is 1. The minimum absolute atomic E-state index is 0.0963. The van der Waals surface area contributed by atoms with Crippen LogP contribution in [0, 0.1) is 24.0 Å². The molecule has 0 atom stereocenters. The van der Waals surface area contributed by atoms with Gasteiger partial charge in [-0.3, -0.25) is 19.7 Å². The number of amides is 2. The van der Waals surface area contributed by atoms with Gasteiger partial charge in [0.15, 0.2) is 0 Å². The maximum atomic E-state index is 13.5. The zero-order chi connectivity index (χ0) is 23.7. The number of ether oxygens (including phenoxy) is 1. The van der Waals surface area contributed by atoms with Crippen LogP contribution in [-0.2, 0) is 9.59 Å². The van der Waals surface area contributed by atoms with Gasteiger partial charge in [0, 0.05) is 17.8 Å². The Morgan fingerprint density at radius 3 is 2.15 bits per heavy atom. The van der Waals surface area contributed by atoms with E-state index >= 15 is 0 Å². The van der Waals surface area contributed by atoms with E-state index in [-0.39, 0.29) is 17.0 Å². The molecule has 8 heteroatoms. The lowest BCUT2D eigenvalue weighted by Crippen LogP contribution is -2.33. The number of nitrogens with one attached hydrogen (secondary N) is 1. The Labute approximate surface area is 190 Å². The summed E-state index contributed by atoms with van der Waals surface area (Å²) in [7, 11) is 1.55. The van der Waals surface area contributed by atoms with Crippen LogP contribution in [0.5, 0.6) is 5.75 Å². The topological polar surface area (TPSA) is 102 Å². The van der Waals surface area contributed by atoms with Gasteiger partial charge in [0.25, 0.3) is 17.5 Å². The number of nitrogens with zero attached hydrogens (tertiary/aromatic N) is 2. The second kappa shape index (κ2) is 8.58. The molecule has 1 N–H and O–H groups in total. The van der Waals surface area contributed by atoms with E-state index in [0.717, 1.165) is 16.0 Å². The summed E-state index contributed by atoms with van der Waals surface area (Å²) in [5, 5.41) is 14.1. The van der Waals surface area contributed by atoms with Crippen molar-refractivity contribution in [3.8, 4) is 5.75 Å². The summed E-state index contributed by atoms with van der Waals surface area (Å²) in [6.07, 6.45) is 0. The third-order valence-electron chi connectivity index (χ3n) is 5.40. The van der Waals surface area contributed by atoms with E-state index in [1.807, 2.05) is 26.0 Å². The predicted molar refractivity (Wildman–Crippen MR) is 125 cm³/mol. The molecule has 3 aromatic rings. The number of hydrogen-bond donors (Lipinski definition) is 1. The second-order valence-corrected chi connectivity index (χ2v) is 7.64. The summed E-state index contributed by atoms with van der Waals surface area (Å²) in [4.78, 5) is 38.7. The fraction of sp³-hybridized carbons (Fsp3) is 0.120. The van der Waals surface area contributed by atoms with Gasteiger partial charge in [-0.05, 0) is 67.4 Å².